The van der Waals surface area contributed by atoms with Crippen LogP contribution >= 0.6 is 15.9 Å². The van der Waals surface area contributed by atoms with Crippen molar-refractivity contribution >= 4 is 21.7 Å². The first kappa shape index (κ1) is 12.9. The van der Waals surface area contributed by atoms with Gasteiger partial charge < -0.3 is 0 Å². The fourth-order valence-electron chi connectivity index (χ4n) is 3.72. The van der Waals surface area contributed by atoms with Crippen LogP contribution in [0.5, 0.6) is 0 Å². The van der Waals surface area contributed by atoms with E-state index in [9.17, 15) is 10.1 Å². The molecule has 1 fully saturated rings. The monoisotopic (exact) mass is 317 g/mol. The summed E-state index contributed by atoms with van der Waals surface area (Å²) in [5.41, 5.74) is 1.57. The molecule has 0 aliphatic heterocycles. The van der Waals surface area contributed by atoms with Crippen molar-refractivity contribution in [3.05, 3.63) is 33.8 Å². The molecule has 0 amide bonds. The van der Waals surface area contributed by atoms with Gasteiger partial charge in [0, 0.05) is 15.5 Å². The first-order valence-electron chi connectivity index (χ1n) is 6.90. The van der Waals surface area contributed by atoms with Crippen LogP contribution in [-0.2, 0) is 6.42 Å². The topological polar surface area (TPSA) is 40.9 Å². The standard InChI is InChI=1S/C16H16BrNO/c17-13-5-4-11-6-8-16(15(19)14(11)9-13)7-2-1-3-12(16)10-18/h4-5,9,12H,1-3,6-8H2/t12-,16-/m1/s1. The lowest BCUT2D eigenvalue weighted by atomic mass is 9.58. The molecular weight excluding hydrogens is 302 g/mol. The highest BCUT2D eigenvalue weighted by atomic mass is 79.9. The minimum Gasteiger partial charge on any atom is -0.293 e. The number of benzene rings is 1. The molecule has 0 unspecified atom stereocenters. The molecule has 1 aromatic rings. The highest BCUT2D eigenvalue weighted by Gasteiger charge is 2.49. The van der Waals surface area contributed by atoms with E-state index in [0.29, 0.717) is 0 Å². The summed E-state index contributed by atoms with van der Waals surface area (Å²) in [6, 6.07) is 8.37. The van der Waals surface area contributed by atoms with Crippen molar-refractivity contribution in [3.63, 3.8) is 0 Å². The van der Waals surface area contributed by atoms with Crippen molar-refractivity contribution in [3.8, 4) is 6.07 Å². The van der Waals surface area contributed by atoms with Crippen LogP contribution < -0.4 is 0 Å². The Morgan fingerprint density at radius 2 is 2.16 bits per heavy atom. The van der Waals surface area contributed by atoms with E-state index >= 15 is 0 Å². The number of aryl methyl sites for hydroxylation is 1. The molecular formula is C16H16BrNO. The lowest BCUT2D eigenvalue weighted by molar-refractivity contribution is 0.0566. The zero-order chi connectivity index (χ0) is 13.5. The molecule has 0 saturated heterocycles. The van der Waals surface area contributed by atoms with Gasteiger partial charge in [-0.05, 0) is 43.4 Å². The number of ketones is 1. The average Bonchev–Trinajstić information content (AvgIpc) is 2.44. The van der Waals surface area contributed by atoms with Gasteiger partial charge in [-0.1, -0.05) is 34.8 Å². The molecule has 0 bridgehead atoms. The van der Waals surface area contributed by atoms with Gasteiger partial charge in [0.15, 0.2) is 5.78 Å². The molecule has 2 nitrogen and oxygen atoms in total. The number of nitrogens with zero attached hydrogens (tertiary/aromatic N) is 1. The van der Waals surface area contributed by atoms with Gasteiger partial charge in [-0.15, -0.1) is 0 Å². The predicted molar refractivity (Wildman–Crippen MR) is 76.8 cm³/mol. The molecule has 1 spiro atoms. The van der Waals surface area contributed by atoms with Gasteiger partial charge in [0.05, 0.1) is 12.0 Å². The normalized spacial score (nSPS) is 29.9. The van der Waals surface area contributed by atoms with Crippen molar-refractivity contribution < 1.29 is 4.79 Å². The largest absolute Gasteiger partial charge is 0.293 e. The molecule has 3 rings (SSSR count). The van der Waals surface area contributed by atoms with Crippen molar-refractivity contribution in [1.82, 2.24) is 0 Å². The molecule has 0 aromatic heterocycles. The van der Waals surface area contributed by atoms with Crippen LogP contribution in [0.1, 0.15) is 48.0 Å². The molecule has 1 aromatic carbocycles. The molecule has 2 atom stereocenters. The lowest BCUT2D eigenvalue weighted by Crippen LogP contribution is -2.43. The Hall–Kier alpha value is -1.14. The van der Waals surface area contributed by atoms with Gasteiger partial charge in [-0.3, -0.25) is 4.79 Å². The van der Waals surface area contributed by atoms with Crippen molar-refractivity contribution in [2.75, 3.05) is 0 Å². The third-order valence-electron chi connectivity index (χ3n) is 4.80. The third-order valence-corrected chi connectivity index (χ3v) is 5.29. The van der Waals surface area contributed by atoms with Gasteiger partial charge in [0.25, 0.3) is 0 Å². The summed E-state index contributed by atoms with van der Waals surface area (Å²) < 4.78 is 0.945. The van der Waals surface area contributed by atoms with E-state index in [-0.39, 0.29) is 11.7 Å². The van der Waals surface area contributed by atoms with E-state index in [1.807, 2.05) is 18.2 Å². The Morgan fingerprint density at radius 3 is 2.95 bits per heavy atom. The Kier molecular flexibility index (Phi) is 3.22. The summed E-state index contributed by atoms with van der Waals surface area (Å²) in [6.07, 6.45) is 5.69. The smallest absolute Gasteiger partial charge is 0.170 e. The average molecular weight is 318 g/mol. The Balaban J connectivity index is 2.07. The molecule has 98 valence electrons. The first-order valence-corrected chi connectivity index (χ1v) is 7.69. The maximum Gasteiger partial charge on any atom is 0.170 e. The molecule has 0 heterocycles. The Bertz CT molecular complexity index is 575. The van der Waals surface area contributed by atoms with Crippen LogP contribution in [0.2, 0.25) is 0 Å². The Morgan fingerprint density at radius 1 is 1.32 bits per heavy atom. The number of hydrogen-bond donors (Lipinski definition) is 0. The summed E-state index contributed by atoms with van der Waals surface area (Å²) in [4.78, 5) is 12.9. The molecule has 0 N–H and O–H groups in total. The first-order chi connectivity index (χ1) is 9.17. The number of Topliss-reactive ketones (excluding diaryl/α,β-unsaturated/α-hetero) is 1. The molecule has 1 saturated carbocycles. The molecule has 2 aliphatic rings. The summed E-state index contributed by atoms with van der Waals surface area (Å²) in [5, 5.41) is 9.42. The summed E-state index contributed by atoms with van der Waals surface area (Å²) in [6.45, 7) is 0. The molecule has 3 heteroatoms. The van der Waals surface area contributed by atoms with E-state index in [1.165, 1.54) is 0 Å². The molecule has 19 heavy (non-hydrogen) atoms. The van der Waals surface area contributed by atoms with Gasteiger partial charge in [0.1, 0.15) is 0 Å². The van der Waals surface area contributed by atoms with Crippen LogP contribution in [0.15, 0.2) is 22.7 Å². The fraction of sp³-hybridized carbons (Fsp3) is 0.500. The molecule has 2 aliphatic carbocycles. The van der Waals surface area contributed by atoms with E-state index in [1.54, 1.807) is 0 Å². The summed E-state index contributed by atoms with van der Waals surface area (Å²) in [5.74, 6) is 0.113. The zero-order valence-corrected chi connectivity index (χ0v) is 12.4. The lowest BCUT2D eigenvalue weighted by Gasteiger charge is -2.42. The fourth-order valence-corrected chi connectivity index (χ4v) is 4.08. The summed E-state index contributed by atoms with van der Waals surface area (Å²) >= 11 is 3.45. The number of carbonyl (C=O) groups is 1. The number of halogens is 1. The van der Waals surface area contributed by atoms with E-state index in [4.69, 9.17) is 0 Å². The highest BCUT2D eigenvalue weighted by Crippen LogP contribution is 2.49. The maximum absolute atomic E-state index is 12.9. The van der Waals surface area contributed by atoms with Gasteiger partial charge in [-0.2, -0.15) is 5.26 Å². The van der Waals surface area contributed by atoms with Gasteiger partial charge in [-0.25, -0.2) is 0 Å². The second-order valence-electron chi connectivity index (χ2n) is 5.71. The maximum atomic E-state index is 12.9. The van der Waals surface area contributed by atoms with E-state index in [0.717, 1.165) is 54.1 Å². The van der Waals surface area contributed by atoms with Gasteiger partial charge in [0.2, 0.25) is 0 Å². The van der Waals surface area contributed by atoms with Crippen LogP contribution in [0.25, 0.3) is 0 Å². The van der Waals surface area contributed by atoms with Crippen molar-refractivity contribution in [1.29, 1.82) is 5.26 Å². The highest BCUT2D eigenvalue weighted by molar-refractivity contribution is 9.10. The van der Waals surface area contributed by atoms with Crippen molar-refractivity contribution in [2.45, 2.75) is 38.5 Å². The number of rotatable bonds is 0. The SMILES string of the molecule is N#C[C@H]1CCCC[C@@]12CCc1ccc(Br)cc1C2=O. The van der Waals surface area contributed by atoms with Crippen LogP contribution in [0.3, 0.4) is 0 Å². The number of nitriles is 1. The Labute approximate surface area is 121 Å². The van der Waals surface area contributed by atoms with E-state index < -0.39 is 5.41 Å². The summed E-state index contributed by atoms with van der Waals surface area (Å²) in [7, 11) is 0. The minimum atomic E-state index is -0.402. The van der Waals surface area contributed by atoms with Crippen LogP contribution in [0, 0.1) is 22.7 Å². The van der Waals surface area contributed by atoms with Crippen LogP contribution in [-0.4, -0.2) is 5.78 Å². The number of carbonyl (C=O) groups excluding carboxylic acids is 1. The minimum absolute atomic E-state index is 0.0964. The van der Waals surface area contributed by atoms with E-state index in [2.05, 4.69) is 22.0 Å². The zero-order valence-electron chi connectivity index (χ0n) is 10.8. The molecule has 0 radical (unpaired) electrons. The third kappa shape index (κ3) is 1.94. The second-order valence-corrected chi connectivity index (χ2v) is 6.63. The number of hydrogen-bond acceptors (Lipinski definition) is 2. The predicted octanol–water partition coefficient (Wildman–Crippen LogP) is 4.28. The quantitative estimate of drug-likeness (QED) is 0.716. The number of fused-ring (bicyclic) bond motifs is 1. The van der Waals surface area contributed by atoms with Crippen molar-refractivity contribution in [2.24, 2.45) is 11.3 Å². The second kappa shape index (κ2) is 4.76. The van der Waals surface area contributed by atoms with Gasteiger partial charge >= 0.3 is 0 Å². The van der Waals surface area contributed by atoms with Crippen LogP contribution in [0.4, 0.5) is 0 Å².